The Labute approximate surface area is 213 Å². The van der Waals surface area contributed by atoms with Gasteiger partial charge in [0.25, 0.3) is 8.32 Å². The zero-order valence-corrected chi connectivity index (χ0v) is 23.3. The highest BCUT2D eigenvalue weighted by molar-refractivity contribution is 6.99. The lowest BCUT2D eigenvalue weighted by Crippen LogP contribution is -2.66. The number of benzene rings is 2. The molecule has 5 heteroatoms. The molecule has 4 nitrogen and oxygen atoms in total. The molecule has 0 bridgehead atoms. The van der Waals surface area contributed by atoms with E-state index < -0.39 is 8.32 Å². The topological polar surface area (TPSA) is 58.6 Å². The first-order chi connectivity index (χ1) is 16.6. The first-order valence-corrected chi connectivity index (χ1v) is 14.7. The predicted molar refractivity (Wildman–Crippen MR) is 148 cm³/mol. The molecule has 0 spiro atoms. The van der Waals surface area contributed by atoms with Crippen LogP contribution in [-0.4, -0.2) is 38.6 Å². The van der Waals surface area contributed by atoms with Gasteiger partial charge in [-0.1, -0.05) is 102 Å². The number of carbonyl (C=O) groups is 1. The van der Waals surface area contributed by atoms with Crippen LogP contribution >= 0.6 is 0 Å². The summed E-state index contributed by atoms with van der Waals surface area (Å²) in [5, 5.41) is 15.0. The van der Waals surface area contributed by atoms with E-state index in [1.807, 2.05) is 32.9 Å². The molecule has 2 rings (SSSR count). The van der Waals surface area contributed by atoms with Crippen molar-refractivity contribution >= 4 is 24.6 Å². The van der Waals surface area contributed by atoms with Crippen LogP contribution in [0.1, 0.15) is 54.4 Å². The summed E-state index contributed by atoms with van der Waals surface area (Å²) in [6.07, 6.45) is 7.07. The maximum Gasteiger partial charge on any atom is 0.261 e. The minimum absolute atomic E-state index is 0.0957. The van der Waals surface area contributed by atoms with Crippen LogP contribution in [0.4, 0.5) is 0 Å². The minimum atomic E-state index is -2.69. The maximum atomic E-state index is 13.3. The van der Waals surface area contributed by atoms with E-state index in [4.69, 9.17) is 10.8 Å². The molecule has 0 heterocycles. The number of hydrogen-bond acceptors (Lipinski definition) is 3. The highest BCUT2D eigenvalue weighted by Crippen LogP contribution is 2.37. The fourth-order valence-corrected chi connectivity index (χ4v) is 9.43. The average Bonchev–Trinajstić information content (AvgIpc) is 2.84. The molecule has 0 fully saturated rings. The standard InChI is InChI=1S/C30H43NO3Si/c1-8-24(9-2)27(29(33)31-28(22-32)23(3)4)20-21-34-35(30(5,6)7,25-16-12-10-13-17-25)26-18-14-11-15-19-26/h1,10-19,23-24,27-28,32H,9,20-22H2,2-7H3,(H,31,33)/t24-,27-,28-/m1/s1. The number of amides is 1. The Morgan fingerprint density at radius 1 is 1.06 bits per heavy atom. The van der Waals surface area contributed by atoms with Crippen LogP contribution < -0.4 is 15.7 Å². The highest BCUT2D eigenvalue weighted by atomic mass is 28.4. The molecular weight excluding hydrogens is 450 g/mol. The molecule has 2 aromatic rings. The number of terminal acetylenes is 1. The number of aliphatic hydroxyl groups excluding tert-OH is 1. The van der Waals surface area contributed by atoms with Crippen LogP contribution in [0.5, 0.6) is 0 Å². The van der Waals surface area contributed by atoms with Gasteiger partial charge < -0.3 is 14.8 Å². The average molecular weight is 494 g/mol. The summed E-state index contributed by atoms with van der Waals surface area (Å²) in [6.45, 7) is 13.1. The van der Waals surface area contributed by atoms with E-state index in [0.29, 0.717) is 19.4 Å². The summed E-state index contributed by atoms with van der Waals surface area (Å²) in [6, 6.07) is 20.7. The number of hydrogen-bond donors (Lipinski definition) is 2. The maximum absolute atomic E-state index is 13.3. The van der Waals surface area contributed by atoms with E-state index in [1.165, 1.54) is 10.4 Å². The molecule has 0 saturated carbocycles. The summed E-state index contributed by atoms with van der Waals surface area (Å²) in [7, 11) is -2.69. The van der Waals surface area contributed by atoms with Crippen LogP contribution in [0.3, 0.4) is 0 Å². The van der Waals surface area contributed by atoms with Crippen LogP contribution in [0.2, 0.25) is 5.04 Å². The Kier molecular flexibility index (Phi) is 10.8. The zero-order chi connectivity index (χ0) is 26.1. The predicted octanol–water partition coefficient (Wildman–Crippen LogP) is 4.36. The summed E-state index contributed by atoms with van der Waals surface area (Å²) in [5.41, 5.74) is 0. The van der Waals surface area contributed by atoms with Gasteiger partial charge in [0.05, 0.1) is 18.6 Å². The van der Waals surface area contributed by atoms with E-state index in [-0.39, 0.29) is 41.3 Å². The molecule has 0 aromatic heterocycles. The van der Waals surface area contributed by atoms with Gasteiger partial charge in [0.1, 0.15) is 0 Å². The number of carbonyl (C=O) groups excluding carboxylic acids is 1. The van der Waals surface area contributed by atoms with Crippen molar-refractivity contribution in [2.24, 2.45) is 17.8 Å². The van der Waals surface area contributed by atoms with E-state index in [1.54, 1.807) is 0 Å². The van der Waals surface area contributed by atoms with Crippen molar-refractivity contribution in [3.63, 3.8) is 0 Å². The monoisotopic (exact) mass is 493 g/mol. The Hall–Kier alpha value is -2.39. The Bertz CT molecular complexity index is 908. The second-order valence-electron chi connectivity index (χ2n) is 10.6. The first-order valence-electron chi connectivity index (χ1n) is 12.7. The van der Waals surface area contributed by atoms with Crippen molar-refractivity contribution in [3.8, 4) is 12.3 Å². The largest absolute Gasteiger partial charge is 0.407 e. The third-order valence-corrected chi connectivity index (χ3v) is 12.0. The molecule has 0 aliphatic heterocycles. The highest BCUT2D eigenvalue weighted by Gasteiger charge is 2.50. The van der Waals surface area contributed by atoms with Gasteiger partial charge in [-0.15, -0.1) is 12.3 Å². The molecule has 35 heavy (non-hydrogen) atoms. The molecule has 0 radical (unpaired) electrons. The molecule has 1 amide bonds. The normalized spacial score (nSPS) is 14.7. The number of nitrogens with one attached hydrogen (secondary N) is 1. The lowest BCUT2D eigenvalue weighted by atomic mass is 9.87. The lowest BCUT2D eigenvalue weighted by molar-refractivity contribution is -0.128. The van der Waals surface area contributed by atoms with Gasteiger partial charge in [0.15, 0.2) is 0 Å². The van der Waals surface area contributed by atoms with Crippen molar-refractivity contribution in [1.82, 2.24) is 5.32 Å². The summed E-state index contributed by atoms with van der Waals surface area (Å²) in [5.74, 6) is 2.28. The van der Waals surface area contributed by atoms with Gasteiger partial charge in [0, 0.05) is 12.5 Å². The molecule has 0 saturated heterocycles. The molecule has 0 aliphatic rings. The third-order valence-electron chi connectivity index (χ3n) is 6.97. The zero-order valence-electron chi connectivity index (χ0n) is 22.3. The molecule has 2 N–H and O–H groups in total. The van der Waals surface area contributed by atoms with Crippen molar-refractivity contribution in [1.29, 1.82) is 0 Å². The van der Waals surface area contributed by atoms with Crippen molar-refractivity contribution in [2.75, 3.05) is 13.2 Å². The van der Waals surface area contributed by atoms with E-state index >= 15 is 0 Å². The Morgan fingerprint density at radius 2 is 1.57 bits per heavy atom. The Balaban J connectivity index is 2.40. The van der Waals surface area contributed by atoms with Gasteiger partial charge in [-0.2, -0.15) is 0 Å². The van der Waals surface area contributed by atoms with Gasteiger partial charge in [-0.3, -0.25) is 4.79 Å². The van der Waals surface area contributed by atoms with Gasteiger partial charge in [-0.25, -0.2) is 0 Å². The van der Waals surface area contributed by atoms with Crippen LogP contribution in [0.25, 0.3) is 0 Å². The quantitative estimate of drug-likeness (QED) is 0.341. The van der Waals surface area contributed by atoms with Gasteiger partial charge in [-0.05, 0) is 34.2 Å². The van der Waals surface area contributed by atoms with Crippen molar-refractivity contribution < 1.29 is 14.3 Å². The second-order valence-corrected chi connectivity index (χ2v) is 14.9. The van der Waals surface area contributed by atoms with Crippen LogP contribution in [-0.2, 0) is 9.22 Å². The fraction of sp³-hybridized carbons (Fsp3) is 0.500. The first kappa shape index (κ1) is 28.8. The van der Waals surface area contributed by atoms with Gasteiger partial charge in [0.2, 0.25) is 5.91 Å². The summed E-state index contributed by atoms with van der Waals surface area (Å²) in [4.78, 5) is 13.3. The number of aliphatic hydroxyl groups is 1. The van der Waals surface area contributed by atoms with Gasteiger partial charge >= 0.3 is 0 Å². The molecule has 190 valence electrons. The molecule has 2 aromatic carbocycles. The van der Waals surface area contributed by atoms with E-state index in [0.717, 1.165) is 0 Å². The van der Waals surface area contributed by atoms with Crippen molar-refractivity contribution in [3.05, 3.63) is 60.7 Å². The SMILES string of the molecule is C#C[C@H](CC)[C@@H](CCO[Si](c1ccccc1)(c1ccccc1)C(C)(C)C)C(=O)N[C@H](CO)C(C)C. The smallest absolute Gasteiger partial charge is 0.261 e. The number of rotatable bonds is 12. The molecule has 3 atom stereocenters. The fourth-order valence-electron chi connectivity index (χ4n) is 4.85. The second kappa shape index (κ2) is 13.1. The molecule has 0 aliphatic carbocycles. The summed E-state index contributed by atoms with van der Waals surface area (Å²) < 4.78 is 7.01. The molecular formula is C30H43NO3Si. The van der Waals surface area contributed by atoms with Crippen molar-refractivity contribution in [2.45, 2.75) is 65.5 Å². The van der Waals surface area contributed by atoms with Crippen LogP contribution in [0.15, 0.2) is 60.7 Å². The van der Waals surface area contributed by atoms with E-state index in [2.05, 4.69) is 80.5 Å². The Morgan fingerprint density at radius 3 is 1.94 bits per heavy atom. The van der Waals surface area contributed by atoms with E-state index in [9.17, 15) is 9.90 Å². The molecule has 0 unspecified atom stereocenters. The third kappa shape index (κ3) is 6.85. The minimum Gasteiger partial charge on any atom is -0.407 e. The lowest BCUT2D eigenvalue weighted by Gasteiger charge is -2.43. The van der Waals surface area contributed by atoms with Crippen LogP contribution in [0, 0.1) is 30.1 Å². The summed E-state index contributed by atoms with van der Waals surface area (Å²) >= 11 is 0.